The van der Waals surface area contributed by atoms with E-state index in [9.17, 15) is 24.4 Å². The Morgan fingerprint density at radius 1 is 1.23 bits per heavy atom. The maximum Gasteiger partial charge on any atom is 0.405 e. The van der Waals surface area contributed by atoms with E-state index in [1.54, 1.807) is 4.57 Å². The van der Waals surface area contributed by atoms with Gasteiger partial charge in [0, 0.05) is 32.3 Å². The number of nitrogens with one attached hydrogen (secondary N) is 2. The first kappa shape index (κ1) is 31.4. The van der Waals surface area contributed by atoms with Crippen molar-refractivity contribution in [2.45, 2.75) is 69.2 Å². The number of rotatable bonds is 13. The summed E-state index contributed by atoms with van der Waals surface area (Å²) in [7, 11) is -2.75. The molecule has 2 aliphatic rings. The number of nitrogens with two attached hydrogens (primary N) is 1. The van der Waals surface area contributed by atoms with Gasteiger partial charge < -0.3 is 30.2 Å². The number of fused-ring (bicyclic) bond motifs is 1. The lowest BCUT2D eigenvalue weighted by molar-refractivity contribution is -0.0634. The summed E-state index contributed by atoms with van der Waals surface area (Å²) in [5.41, 5.74) is 5.36. The number of hydrogen-bond donors (Lipinski definition) is 5. The summed E-state index contributed by atoms with van der Waals surface area (Å²) < 4.78 is 45.7. The lowest BCUT2D eigenvalue weighted by Crippen LogP contribution is -2.39. The van der Waals surface area contributed by atoms with E-state index in [0.29, 0.717) is 24.1 Å². The molecule has 0 saturated carbocycles. The van der Waals surface area contributed by atoms with Crippen LogP contribution in [0.4, 0.5) is 5.82 Å². The molecule has 0 bridgehead atoms. The van der Waals surface area contributed by atoms with E-state index < -0.39 is 75.2 Å². The minimum atomic E-state index is -4.08. The van der Waals surface area contributed by atoms with Gasteiger partial charge in [0.1, 0.15) is 48.6 Å². The molecule has 5 heterocycles. The Hall–Kier alpha value is -3.06. The number of methoxy groups -OCH3 is 1. The molecule has 18 nitrogen and oxygen atoms in total. The number of hydrogen-bond acceptors (Lipinski definition) is 14. The summed E-state index contributed by atoms with van der Waals surface area (Å²) in [6, 6.07) is 1.14. The molecule has 19 heteroatoms. The van der Waals surface area contributed by atoms with Crippen LogP contribution in [0.2, 0.25) is 0 Å². The van der Waals surface area contributed by atoms with Gasteiger partial charge in [-0.3, -0.25) is 28.0 Å². The molecule has 3 unspecified atom stereocenters. The van der Waals surface area contributed by atoms with Crippen LogP contribution >= 0.6 is 7.75 Å². The first-order chi connectivity index (χ1) is 20.7. The average Bonchev–Trinajstić information content (AvgIpc) is 3.67. The summed E-state index contributed by atoms with van der Waals surface area (Å²) >= 11 is 0. The SMILES string of the molecule is CCCCNP(=O)(OC[C@H]1O[C@@H](n2ccc(=O)[nH]c2=O)[C@H](OC)C1O)OC1C[C@H](n2cnc3c(N)ncnc32)O[C@@H]1CO. The highest BCUT2D eigenvalue weighted by molar-refractivity contribution is 7.51. The molecular formula is C24H35N8O10P. The molecule has 2 aliphatic heterocycles. The fourth-order valence-electron chi connectivity index (χ4n) is 5.05. The molecular weight excluding hydrogens is 591 g/mol. The second kappa shape index (κ2) is 13.3. The highest BCUT2D eigenvalue weighted by atomic mass is 31.2. The van der Waals surface area contributed by atoms with Gasteiger partial charge in [0.25, 0.3) is 5.56 Å². The van der Waals surface area contributed by atoms with E-state index in [1.165, 1.54) is 26.0 Å². The zero-order chi connectivity index (χ0) is 30.7. The third kappa shape index (κ3) is 6.57. The van der Waals surface area contributed by atoms with Crippen molar-refractivity contribution < 1.29 is 38.0 Å². The predicted molar refractivity (Wildman–Crippen MR) is 149 cm³/mol. The van der Waals surface area contributed by atoms with Crippen LogP contribution in [0.15, 0.2) is 34.5 Å². The first-order valence-electron chi connectivity index (χ1n) is 13.7. The van der Waals surface area contributed by atoms with Crippen LogP contribution in [0, 0.1) is 0 Å². The summed E-state index contributed by atoms with van der Waals surface area (Å²) in [5.74, 6) is 0.200. The third-order valence-electron chi connectivity index (χ3n) is 7.29. The fraction of sp³-hybridized carbons (Fsp3) is 0.625. The highest BCUT2D eigenvalue weighted by Crippen LogP contribution is 2.49. The number of ether oxygens (including phenoxy) is 3. The Morgan fingerprint density at radius 2 is 2.05 bits per heavy atom. The lowest BCUT2D eigenvalue weighted by Gasteiger charge is -2.26. The van der Waals surface area contributed by atoms with Crippen LogP contribution in [0.3, 0.4) is 0 Å². The largest absolute Gasteiger partial charge is 0.405 e. The van der Waals surface area contributed by atoms with Crippen molar-refractivity contribution in [3.05, 3.63) is 45.8 Å². The van der Waals surface area contributed by atoms with Crippen molar-refractivity contribution in [3.8, 4) is 0 Å². The van der Waals surface area contributed by atoms with Gasteiger partial charge in [0.2, 0.25) is 0 Å². The molecule has 0 radical (unpaired) electrons. The Balaban J connectivity index is 1.31. The third-order valence-corrected chi connectivity index (χ3v) is 8.93. The quantitative estimate of drug-likeness (QED) is 0.118. The van der Waals surface area contributed by atoms with E-state index in [0.717, 1.165) is 17.1 Å². The molecule has 236 valence electrons. The normalized spacial score (nSPS) is 28.9. The van der Waals surface area contributed by atoms with Crippen molar-refractivity contribution in [1.29, 1.82) is 0 Å². The number of nitrogens with zero attached hydrogens (tertiary/aromatic N) is 5. The maximum atomic E-state index is 14.0. The second-order valence-corrected chi connectivity index (χ2v) is 11.9. The zero-order valence-corrected chi connectivity index (χ0v) is 24.4. The molecule has 2 saturated heterocycles. The molecule has 0 amide bonds. The van der Waals surface area contributed by atoms with Gasteiger partial charge in [-0.2, -0.15) is 0 Å². The van der Waals surface area contributed by atoms with Gasteiger partial charge >= 0.3 is 13.4 Å². The van der Waals surface area contributed by atoms with Crippen molar-refractivity contribution in [1.82, 2.24) is 34.2 Å². The Kier molecular flexibility index (Phi) is 9.70. The van der Waals surface area contributed by atoms with E-state index in [-0.39, 0.29) is 12.2 Å². The highest BCUT2D eigenvalue weighted by Gasteiger charge is 2.47. The van der Waals surface area contributed by atoms with E-state index >= 15 is 0 Å². The molecule has 2 fully saturated rings. The predicted octanol–water partition coefficient (Wildman–Crippen LogP) is -0.589. The number of anilines is 1. The number of aliphatic hydroxyl groups excluding tert-OH is 2. The van der Waals surface area contributed by atoms with Crippen molar-refractivity contribution >= 4 is 24.7 Å². The van der Waals surface area contributed by atoms with Crippen molar-refractivity contribution in [3.63, 3.8) is 0 Å². The summed E-state index contributed by atoms with van der Waals surface area (Å²) in [6.45, 7) is 1.41. The molecule has 8 atom stereocenters. The van der Waals surface area contributed by atoms with E-state index in [2.05, 4.69) is 25.0 Å². The number of H-pyrrole nitrogens is 1. The summed E-state index contributed by atoms with van der Waals surface area (Å²) in [4.78, 5) is 38.4. The van der Waals surface area contributed by atoms with Gasteiger partial charge in [-0.15, -0.1) is 0 Å². The van der Waals surface area contributed by atoms with Crippen LogP contribution in [-0.4, -0.2) is 96.7 Å². The minimum absolute atomic E-state index is 0.162. The van der Waals surface area contributed by atoms with Crippen LogP contribution in [0.5, 0.6) is 0 Å². The smallest absolute Gasteiger partial charge is 0.394 e. The van der Waals surface area contributed by atoms with E-state index in [1.807, 2.05) is 6.92 Å². The standard InChI is InChI=1S/C24H35N8O10P/c1-3-4-6-29-43(37,39-10-15-19(35)20(38-2)23(41-15)31-7-5-16(34)30-24(31)36)42-13-8-17(40-14(13)9-33)32-12-28-18-21(25)26-11-27-22(18)32/h5,7,11-15,17,19-20,23,33,35H,3-4,6,8-10H2,1-2H3,(H,29,37)(H2,25,26,27)(H,30,34,36)/t13?,14-,15-,17-,19?,20-,23-,43?/m1/s1. The number of unbranched alkanes of at least 4 members (excludes halogenated alkanes) is 1. The first-order valence-corrected chi connectivity index (χ1v) is 15.3. The molecule has 3 aromatic rings. The summed E-state index contributed by atoms with van der Waals surface area (Å²) in [5, 5.41) is 23.8. The van der Waals surface area contributed by atoms with Gasteiger partial charge in [-0.05, 0) is 6.42 Å². The monoisotopic (exact) mass is 626 g/mol. The topological polar surface area (TPSA) is 240 Å². The Morgan fingerprint density at radius 3 is 2.77 bits per heavy atom. The van der Waals surface area contributed by atoms with Gasteiger partial charge in [-0.1, -0.05) is 13.3 Å². The minimum Gasteiger partial charge on any atom is -0.394 e. The maximum absolute atomic E-state index is 14.0. The molecule has 0 aliphatic carbocycles. The molecule has 43 heavy (non-hydrogen) atoms. The second-order valence-electron chi connectivity index (χ2n) is 10.1. The Bertz CT molecular complexity index is 1560. The van der Waals surface area contributed by atoms with Gasteiger partial charge in [0.05, 0.1) is 19.5 Å². The number of aromatic nitrogens is 6. The molecule has 0 spiro atoms. The van der Waals surface area contributed by atoms with Crippen LogP contribution in [0.25, 0.3) is 11.2 Å². The van der Waals surface area contributed by atoms with Crippen LogP contribution < -0.4 is 22.1 Å². The average molecular weight is 627 g/mol. The van der Waals surface area contributed by atoms with Crippen LogP contribution in [-0.2, 0) is 27.8 Å². The Labute approximate surface area is 244 Å². The molecule has 6 N–H and O–H groups in total. The fourth-order valence-corrected chi connectivity index (χ4v) is 6.63. The van der Waals surface area contributed by atoms with Crippen molar-refractivity contribution in [2.24, 2.45) is 0 Å². The number of aromatic amines is 1. The number of aliphatic hydroxyl groups is 2. The van der Waals surface area contributed by atoms with Crippen LogP contribution in [0.1, 0.15) is 38.6 Å². The molecule has 3 aromatic heterocycles. The lowest BCUT2D eigenvalue weighted by atomic mass is 10.1. The zero-order valence-electron chi connectivity index (χ0n) is 23.5. The summed E-state index contributed by atoms with van der Waals surface area (Å²) in [6.07, 6.45) is -1.25. The number of imidazole rings is 1. The number of nitrogen functional groups attached to an aromatic ring is 1. The molecule has 5 rings (SSSR count). The van der Waals surface area contributed by atoms with Gasteiger partial charge in [-0.25, -0.2) is 29.4 Å². The van der Waals surface area contributed by atoms with E-state index in [4.69, 9.17) is 29.0 Å². The van der Waals surface area contributed by atoms with Crippen molar-refractivity contribution in [2.75, 3.05) is 32.6 Å². The molecule has 0 aromatic carbocycles. The van der Waals surface area contributed by atoms with Gasteiger partial charge in [0.15, 0.2) is 17.7 Å².